The topological polar surface area (TPSA) is 79.2 Å². The maximum atomic E-state index is 12.8. The van der Waals surface area contributed by atoms with Gasteiger partial charge in [-0.05, 0) is 12.1 Å². The van der Waals surface area contributed by atoms with E-state index in [1.165, 1.54) is 12.1 Å². The third kappa shape index (κ3) is 2.23. The number of aromatic amines is 1. The molecule has 24 heavy (non-hydrogen) atoms. The number of nitrogens with one attached hydrogen (secondary N) is 1. The van der Waals surface area contributed by atoms with E-state index in [1.807, 2.05) is 24.3 Å². The average molecular weight is 321 g/mol. The van der Waals surface area contributed by atoms with E-state index in [1.54, 1.807) is 17.0 Å². The molecule has 0 aliphatic carbocycles. The van der Waals surface area contributed by atoms with Crippen molar-refractivity contribution in [2.45, 2.75) is 13.0 Å². The number of para-hydroxylation sites is 2. The van der Waals surface area contributed by atoms with Crippen molar-refractivity contribution in [2.24, 2.45) is 0 Å². The van der Waals surface area contributed by atoms with Crippen LogP contribution in [0.5, 0.6) is 0 Å². The van der Waals surface area contributed by atoms with Crippen molar-refractivity contribution in [1.82, 2.24) is 9.88 Å². The van der Waals surface area contributed by atoms with Crippen molar-refractivity contribution in [1.29, 1.82) is 0 Å². The molecule has 0 fully saturated rings. The van der Waals surface area contributed by atoms with Crippen molar-refractivity contribution in [3.8, 4) is 0 Å². The number of fused-ring (bicyclic) bond motifs is 3. The number of hydrogen-bond donors (Lipinski definition) is 1. The van der Waals surface area contributed by atoms with Crippen LogP contribution in [0.4, 0.5) is 5.69 Å². The largest absolute Gasteiger partial charge is 0.358 e. The van der Waals surface area contributed by atoms with Gasteiger partial charge in [0.05, 0.1) is 4.92 Å². The first kappa shape index (κ1) is 14.4. The van der Waals surface area contributed by atoms with Crippen LogP contribution in [0.1, 0.15) is 21.6 Å². The first-order chi connectivity index (χ1) is 11.6. The van der Waals surface area contributed by atoms with E-state index in [2.05, 4.69) is 4.98 Å². The average Bonchev–Trinajstić information content (AvgIpc) is 2.99. The Morgan fingerprint density at radius 1 is 1.12 bits per heavy atom. The fraction of sp³-hybridized carbons (Fsp3) is 0.167. The number of carbonyl (C=O) groups excluding carboxylic acids is 1. The summed E-state index contributed by atoms with van der Waals surface area (Å²) in [6.45, 7) is 1.01. The van der Waals surface area contributed by atoms with Gasteiger partial charge in [0.15, 0.2) is 0 Å². The highest BCUT2D eigenvalue weighted by Crippen LogP contribution is 2.29. The molecule has 4 rings (SSSR count). The van der Waals surface area contributed by atoms with Crippen LogP contribution in [0.2, 0.25) is 0 Å². The predicted octanol–water partition coefficient (Wildman–Crippen LogP) is 3.27. The Labute approximate surface area is 137 Å². The molecule has 0 unspecified atom stereocenters. The van der Waals surface area contributed by atoms with Crippen LogP contribution in [0.25, 0.3) is 10.9 Å². The van der Waals surface area contributed by atoms with E-state index < -0.39 is 4.92 Å². The number of carbonyl (C=O) groups is 1. The van der Waals surface area contributed by atoms with E-state index in [0.29, 0.717) is 13.1 Å². The SMILES string of the molecule is O=C(c1ccccc1[N+](=O)[O-])N1CCc2[nH]c3ccccc3c2C1. The lowest BCUT2D eigenvalue weighted by atomic mass is 10.0. The summed E-state index contributed by atoms with van der Waals surface area (Å²) in [6.07, 6.45) is 0.719. The predicted molar refractivity (Wildman–Crippen MR) is 89.8 cm³/mol. The molecule has 0 atom stereocenters. The molecule has 0 radical (unpaired) electrons. The summed E-state index contributed by atoms with van der Waals surface area (Å²) in [5.74, 6) is -0.293. The maximum absolute atomic E-state index is 12.8. The standard InChI is InChI=1S/C18H15N3O3/c22-18(13-6-2-4-8-17(13)21(23)24)20-10-9-16-14(11-20)12-5-1-3-7-15(12)19-16/h1-8,19H,9-11H2. The van der Waals surface area contributed by atoms with Crippen LogP contribution in [0, 0.1) is 10.1 Å². The lowest BCUT2D eigenvalue weighted by Gasteiger charge is -2.27. The summed E-state index contributed by atoms with van der Waals surface area (Å²) in [5, 5.41) is 12.3. The zero-order chi connectivity index (χ0) is 16.7. The molecule has 1 aliphatic heterocycles. The Morgan fingerprint density at radius 3 is 2.71 bits per heavy atom. The van der Waals surface area contributed by atoms with E-state index in [0.717, 1.165) is 28.6 Å². The van der Waals surface area contributed by atoms with Gasteiger partial charge in [-0.2, -0.15) is 0 Å². The quantitative estimate of drug-likeness (QED) is 0.581. The summed E-state index contributed by atoms with van der Waals surface area (Å²) in [7, 11) is 0. The van der Waals surface area contributed by atoms with Crippen molar-refractivity contribution < 1.29 is 9.72 Å². The summed E-state index contributed by atoms with van der Waals surface area (Å²) >= 11 is 0. The fourth-order valence-electron chi connectivity index (χ4n) is 3.32. The Balaban J connectivity index is 1.70. The number of nitro benzene ring substituents is 1. The number of rotatable bonds is 2. The van der Waals surface area contributed by atoms with Crippen LogP contribution < -0.4 is 0 Å². The first-order valence-electron chi connectivity index (χ1n) is 7.76. The minimum atomic E-state index is -0.506. The van der Waals surface area contributed by atoms with E-state index in [9.17, 15) is 14.9 Å². The van der Waals surface area contributed by atoms with Crippen molar-refractivity contribution in [2.75, 3.05) is 6.54 Å². The molecule has 6 heteroatoms. The number of aromatic nitrogens is 1. The highest BCUT2D eigenvalue weighted by molar-refractivity contribution is 5.98. The molecule has 0 bridgehead atoms. The number of nitrogens with zero attached hydrogens (tertiary/aromatic N) is 2. The molecular weight excluding hydrogens is 306 g/mol. The van der Waals surface area contributed by atoms with Crippen LogP contribution in [0.15, 0.2) is 48.5 Å². The van der Waals surface area contributed by atoms with Gasteiger partial charge in [0.2, 0.25) is 0 Å². The highest BCUT2D eigenvalue weighted by Gasteiger charge is 2.28. The molecule has 2 aromatic carbocycles. The molecular formula is C18H15N3O3. The Kier molecular flexibility index (Phi) is 3.30. The van der Waals surface area contributed by atoms with Crippen LogP contribution in [-0.4, -0.2) is 27.3 Å². The number of nitro groups is 1. The third-order valence-electron chi connectivity index (χ3n) is 4.50. The van der Waals surface area contributed by atoms with Gasteiger partial charge >= 0.3 is 0 Å². The number of H-pyrrole nitrogens is 1. The molecule has 120 valence electrons. The highest BCUT2D eigenvalue weighted by atomic mass is 16.6. The molecule has 6 nitrogen and oxygen atoms in total. The third-order valence-corrected chi connectivity index (χ3v) is 4.50. The van der Waals surface area contributed by atoms with Gasteiger partial charge in [-0.15, -0.1) is 0 Å². The summed E-state index contributed by atoms with van der Waals surface area (Å²) in [6, 6.07) is 14.1. The second-order valence-corrected chi connectivity index (χ2v) is 5.88. The van der Waals surface area contributed by atoms with Crippen LogP contribution >= 0.6 is 0 Å². The smallest absolute Gasteiger partial charge is 0.282 e. The molecule has 3 aromatic rings. The molecule has 1 amide bonds. The van der Waals surface area contributed by atoms with Gasteiger partial charge < -0.3 is 9.88 Å². The molecule has 2 heterocycles. The molecule has 1 aromatic heterocycles. The summed E-state index contributed by atoms with van der Waals surface area (Å²) in [4.78, 5) is 28.6. The van der Waals surface area contributed by atoms with E-state index in [4.69, 9.17) is 0 Å². The van der Waals surface area contributed by atoms with E-state index in [-0.39, 0.29) is 17.2 Å². The Morgan fingerprint density at radius 2 is 1.88 bits per heavy atom. The summed E-state index contributed by atoms with van der Waals surface area (Å²) in [5.41, 5.74) is 3.30. The Hall–Kier alpha value is -3.15. The summed E-state index contributed by atoms with van der Waals surface area (Å²) < 4.78 is 0. The minimum Gasteiger partial charge on any atom is -0.358 e. The second-order valence-electron chi connectivity index (χ2n) is 5.88. The molecule has 0 saturated heterocycles. The molecule has 1 aliphatic rings. The normalized spacial score (nSPS) is 13.8. The van der Waals surface area contributed by atoms with E-state index >= 15 is 0 Å². The zero-order valence-electron chi connectivity index (χ0n) is 12.9. The Bertz CT molecular complexity index is 961. The second kappa shape index (κ2) is 5.49. The maximum Gasteiger partial charge on any atom is 0.282 e. The van der Waals surface area contributed by atoms with Gasteiger partial charge in [0.1, 0.15) is 5.56 Å². The fourth-order valence-corrected chi connectivity index (χ4v) is 3.32. The first-order valence-corrected chi connectivity index (χ1v) is 7.76. The van der Waals surface area contributed by atoms with Crippen molar-refractivity contribution in [3.05, 3.63) is 75.5 Å². The number of amides is 1. The lowest BCUT2D eigenvalue weighted by molar-refractivity contribution is -0.385. The minimum absolute atomic E-state index is 0.144. The molecule has 0 saturated carbocycles. The van der Waals surface area contributed by atoms with Gasteiger partial charge in [0, 0.05) is 47.7 Å². The van der Waals surface area contributed by atoms with Gasteiger partial charge in [0.25, 0.3) is 11.6 Å². The van der Waals surface area contributed by atoms with Gasteiger partial charge in [-0.25, -0.2) is 0 Å². The van der Waals surface area contributed by atoms with Gasteiger partial charge in [-0.3, -0.25) is 14.9 Å². The van der Waals surface area contributed by atoms with Gasteiger partial charge in [-0.1, -0.05) is 30.3 Å². The monoisotopic (exact) mass is 321 g/mol. The lowest BCUT2D eigenvalue weighted by Crippen LogP contribution is -2.36. The van der Waals surface area contributed by atoms with Crippen molar-refractivity contribution >= 4 is 22.5 Å². The number of hydrogen-bond acceptors (Lipinski definition) is 3. The number of benzene rings is 2. The van der Waals surface area contributed by atoms with Crippen LogP contribution in [0.3, 0.4) is 0 Å². The zero-order valence-corrected chi connectivity index (χ0v) is 12.9. The van der Waals surface area contributed by atoms with Crippen molar-refractivity contribution in [3.63, 3.8) is 0 Å². The molecule has 1 N–H and O–H groups in total. The molecule has 0 spiro atoms. The van der Waals surface area contributed by atoms with Crippen LogP contribution in [-0.2, 0) is 13.0 Å².